The molecule has 0 radical (unpaired) electrons. The van der Waals surface area contributed by atoms with E-state index in [1.54, 1.807) is 32.3 Å². The van der Waals surface area contributed by atoms with Crippen LogP contribution in [0.5, 0.6) is 5.75 Å². The Morgan fingerprint density at radius 3 is 2.88 bits per heavy atom. The summed E-state index contributed by atoms with van der Waals surface area (Å²) in [5, 5.41) is 9.55. The van der Waals surface area contributed by atoms with Crippen molar-refractivity contribution < 1.29 is 14.1 Å². The maximum Gasteiger partial charge on any atom is 0.248 e. The number of amides is 1. The van der Waals surface area contributed by atoms with Crippen LogP contribution in [0.15, 0.2) is 59.4 Å². The van der Waals surface area contributed by atoms with Crippen molar-refractivity contribution in [2.45, 2.75) is 26.5 Å². The molecule has 1 atom stereocenters. The van der Waals surface area contributed by atoms with Gasteiger partial charge in [0.2, 0.25) is 11.8 Å². The third kappa shape index (κ3) is 4.83. The highest BCUT2D eigenvalue weighted by atomic mass is 16.5. The number of nitrogens with one attached hydrogen (secondary N) is 2. The van der Waals surface area contributed by atoms with Crippen LogP contribution in [0.2, 0.25) is 0 Å². The molecular weight excluding hydrogens is 332 g/mol. The second-order valence-corrected chi connectivity index (χ2v) is 5.87. The van der Waals surface area contributed by atoms with Crippen LogP contribution in [0.3, 0.4) is 0 Å². The van der Waals surface area contributed by atoms with Gasteiger partial charge < -0.3 is 14.6 Å². The zero-order valence-electron chi connectivity index (χ0n) is 14.6. The Hall–Kier alpha value is -3.35. The molecule has 0 saturated heterocycles. The standard InChI is InChI=1S/C19H20N4O3/c1-13-9-18(26-23-13)22-19(24)14(2)21-16-6-3-7-17(10-16)25-12-15-5-4-8-20-11-15/h3-11,14,21H,12H2,1-2H3,(H,22,24)/t14-/m0/s1. The van der Waals surface area contributed by atoms with Gasteiger partial charge in [-0.25, -0.2) is 0 Å². The Morgan fingerprint density at radius 1 is 1.27 bits per heavy atom. The first-order chi connectivity index (χ1) is 12.6. The zero-order chi connectivity index (χ0) is 18.4. The summed E-state index contributed by atoms with van der Waals surface area (Å²) in [4.78, 5) is 16.3. The van der Waals surface area contributed by atoms with Crippen molar-refractivity contribution in [2.24, 2.45) is 0 Å². The second-order valence-electron chi connectivity index (χ2n) is 5.87. The van der Waals surface area contributed by atoms with E-state index >= 15 is 0 Å². The molecule has 0 bridgehead atoms. The topological polar surface area (TPSA) is 89.3 Å². The van der Waals surface area contributed by atoms with Gasteiger partial charge in [-0.2, -0.15) is 0 Å². The Morgan fingerprint density at radius 2 is 2.15 bits per heavy atom. The van der Waals surface area contributed by atoms with Crippen molar-refractivity contribution in [3.63, 3.8) is 0 Å². The summed E-state index contributed by atoms with van der Waals surface area (Å²) in [5.41, 5.74) is 2.48. The normalized spacial score (nSPS) is 11.6. The summed E-state index contributed by atoms with van der Waals surface area (Å²) < 4.78 is 10.8. The third-order valence-electron chi connectivity index (χ3n) is 3.61. The average Bonchev–Trinajstić information content (AvgIpc) is 3.06. The molecule has 0 unspecified atom stereocenters. The van der Waals surface area contributed by atoms with E-state index in [9.17, 15) is 4.79 Å². The molecule has 7 nitrogen and oxygen atoms in total. The average molecular weight is 352 g/mol. The number of hydrogen-bond donors (Lipinski definition) is 2. The molecule has 2 heterocycles. The van der Waals surface area contributed by atoms with Gasteiger partial charge in [0.25, 0.3) is 0 Å². The predicted molar refractivity (Wildman–Crippen MR) is 98.0 cm³/mol. The molecule has 0 aliphatic heterocycles. The number of hydrogen-bond acceptors (Lipinski definition) is 6. The van der Waals surface area contributed by atoms with Crippen LogP contribution in [0.1, 0.15) is 18.2 Å². The van der Waals surface area contributed by atoms with Crippen molar-refractivity contribution in [1.82, 2.24) is 10.1 Å². The summed E-state index contributed by atoms with van der Waals surface area (Å²) in [6.45, 7) is 3.98. The molecule has 3 rings (SSSR count). The number of aryl methyl sites for hydroxylation is 1. The summed E-state index contributed by atoms with van der Waals surface area (Å²) in [6, 6.07) is 12.5. The number of carbonyl (C=O) groups is 1. The number of aromatic nitrogens is 2. The van der Waals surface area contributed by atoms with Crippen LogP contribution in [0.4, 0.5) is 11.6 Å². The summed E-state index contributed by atoms with van der Waals surface area (Å²) in [6.07, 6.45) is 3.49. The number of benzene rings is 1. The number of carbonyl (C=O) groups excluding carboxylic acids is 1. The largest absolute Gasteiger partial charge is 0.489 e. The van der Waals surface area contributed by atoms with E-state index in [4.69, 9.17) is 9.26 Å². The third-order valence-corrected chi connectivity index (χ3v) is 3.61. The van der Waals surface area contributed by atoms with Crippen molar-refractivity contribution >= 4 is 17.5 Å². The molecule has 134 valence electrons. The van der Waals surface area contributed by atoms with Crippen molar-refractivity contribution in [3.8, 4) is 5.75 Å². The van der Waals surface area contributed by atoms with E-state index in [1.165, 1.54) is 0 Å². The highest BCUT2D eigenvalue weighted by Crippen LogP contribution is 2.19. The van der Waals surface area contributed by atoms with Crippen LogP contribution < -0.4 is 15.4 Å². The van der Waals surface area contributed by atoms with Crippen molar-refractivity contribution in [1.29, 1.82) is 0 Å². The van der Waals surface area contributed by atoms with E-state index in [1.807, 2.05) is 36.4 Å². The summed E-state index contributed by atoms with van der Waals surface area (Å²) in [7, 11) is 0. The van der Waals surface area contributed by atoms with Gasteiger partial charge in [-0.3, -0.25) is 15.1 Å². The molecule has 0 spiro atoms. The predicted octanol–water partition coefficient (Wildman–Crippen LogP) is 3.40. The zero-order valence-corrected chi connectivity index (χ0v) is 14.6. The molecule has 3 aromatic rings. The molecule has 2 aromatic heterocycles. The van der Waals surface area contributed by atoms with Gasteiger partial charge >= 0.3 is 0 Å². The molecule has 7 heteroatoms. The molecule has 2 N–H and O–H groups in total. The van der Waals surface area contributed by atoms with Gasteiger partial charge in [0.15, 0.2) is 0 Å². The van der Waals surface area contributed by atoms with Gasteiger partial charge in [-0.15, -0.1) is 0 Å². The first-order valence-corrected chi connectivity index (χ1v) is 8.22. The van der Waals surface area contributed by atoms with Gasteiger partial charge in [-0.05, 0) is 32.0 Å². The summed E-state index contributed by atoms with van der Waals surface area (Å²) >= 11 is 0. The number of anilines is 2. The molecule has 26 heavy (non-hydrogen) atoms. The highest BCUT2D eigenvalue weighted by molar-refractivity contribution is 5.95. The van der Waals surface area contributed by atoms with Crippen molar-refractivity contribution in [2.75, 3.05) is 10.6 Å². The van der Waals surface area contributed by atoms with E-state index in [2.05, 4.69) is 20.8 Å². The molecule has 0 aliphatic carbocycles. The fourth-order valence-corrected chi connectivity index (χ4v) is 2.29. The number of pyridine rings is 1. The second kappa shape index (κ2) is 8.15. The van der Waals surface area contributed by atoms with Gasteiger partial charge in [0.05, 0.1) is 5.69 Å². The molecule has 0 aliphatic rings. The SMILES string of the molecule is Cc1cc(NC(=O)[C@H](C)Nc2cccc(OCc3cccnc3)c2)on1. The van der Waals surface area contributed by atoms with Crippen LogP contribution in [0, 0.1) is 6.92 Å². The maximum atomic E-state index is 12.2. The van der Waals surface area contributed by atoms with Crippen LogP contribution >= 0.6 is 0 Å². The van der Waals surface area contributed by atoms with E-state index in [0.29, 0.717) is 23.9 Å². The summed E-state index contributed by atoms with van der Waals surface area (Å²) in [5.74, 6) is 0.815. The smallest absolute Gasteiger partial charge is 0.248 e. The fraction of sp³-hybridized carbons (Fsp3) is 0.211. The molecule has 1 aromatic carbocycles. The van der Waals surface area contributed by atoms with E-state index in [-0.39, 0.29) is 5.91 Å². The Balaban J connectivity index is 1.56. The van der Waals surface area contributed by atoms with Gasteiger partial charge in [0, 0.05) is 35.8 Å². The van der Waals surface area contributed by atoms with Gasteiger partial charge in [0.1, 0.15) is 18.4 Å². The highest BCUT2D eigenvalue weighted by Gasteiger charge is 2.15. The maximum absolute atomic E-state index is 12.2. The monoisotopic (exact) mass is 352 g/mol. The van der Waals surface area contributed by atoms with Crippen LogP contribution in [-0.2, 0) is 11.4 Å². The van der Waals surface area contributed by atoms with E-state index < -0.39 is 6.04 Å². The number of ether oxygens (including phenoxy) is 1. The molecule has 1 amide bonds. The minimum atomic E-state index is -0.464. The van der Waals surface area contributed by atoms with Gasteiger partial charge in [-0.1, -0.05) is 17.3 Å². The molecule has 0 saturated carbocycles. The quantitative estimate of drug-likeness (QED) is 0.677. The number of nitrogens with zero attached hydrogens (tertiary/aromatic N) is 2. The first-order valence-electron chi connectivity index (χ1n) is 8.22. The molecule has 0 fully saturated rings. The lowest BCUT2D eigenvalue weighted by Gasteiger charge is -2.15. The lowest BCUT2D eigenvalue weighted by molar-refractivity contribution is -0.116. The Labute approximate surface area is 151 Å². The minimum Gasteiger partial charge on any atom is -0.489 e. The van der Waals surface area contributed by atoms with Crippen molar-refractivity contribution in [3.05, 3.63) is 66.1 Å². The first kappa shape index (κ1) is 17.5. The van der Waals surface area contributed by atoms with Crippen LogP contribution in [0.25, 0.3) is 0 Å². The Kier molecular flexibility index (Phi) is 5.48. The lowest BCUT2D eigenvalue weighted by atomic mass is 10.2. The minimum absolute atomic E-state index is 0.220. The van der Waals surface area contributed by atoms with Crippen LogP contribution in [-0.4, -0.2) is 22.1 Å². The fourth-order valence-electron chi connectivity index (χ4n) is 2.29. The van der Waals surface area contributed by atoms with E-state index in [0.717, 1.165) is 11.3 Å². The number of rotatable bonds is 7. The molecular formula is C19H20N4O3. The lowest BCUT2D eigenvalue weighted by Crippen LogP contribution is -2.31. The Bertz CT molecular complexity index is 864.